The molecule has 2 nitrogen and oxygen atoms in total. The van der Waals surface area contributed by atoms with Gasteiger partial charge in [-0.25, -0.2) is 0 Å². The number of halogens is 2. The van der Waals surface area contributed by atoms with Crippen molar-refractivity contribution in [1.82, 2.24) is 4.90 Å². The molecule has 0 aliphatic carbocycles. The molecular formula is C12H16Cl2N2S. The SMILES string of the molecule is NCC(c1c(Cl)cccc1Cl)N1CCSCC1. The average molecular weight is 291 g/mol. The fourth-order valence-corrected chi connectivity index (χ4v) is 3.75. The van der Waals surface area contributed by atoms with Gasteiger partial charge in [-0.2, -0.15) is 11.8 Å². The van der Waals surface area contributed by atoms with Crippen LogP contribution in [0.1, 0.15) is 11.6 Å². The Labute approximate surface area is 116 Å². The minimum atomic E-state index is 0.136. The van der Waals surface area contributed by atoms with E-state index in [0.29, 0.717) is 16.6 Å². The summed E-state index contributed by atoms with van der Waals surface area (Å²) < 4.78 is 0. The first-order valence-electron chi connectivity index (χ1n) is 5.70. The van der Waals surface area contributed by atoms with E-state index in [4.69, 9.17) is 28.9 Å². The summed E-state index contributed by atoms with van der Waals surface area (Å²) in [6.45, 7) is 2.65. The summed E-state index contributed by atoms with van der Waals surface area (Å²) in [7, 11) is 0. The van der Waals surface area contributed by atoms with Gasteiger partial charge in [-0.15, -0.1) is 0 Å². The molecule has 17 heavy (non-hydrogen) atoms. The zero-order chi connectivity index (χ0) is 12.3. The molecule has 0 aromatic heterocycles. The van der Waals surface area contributed by atoms with Crippen molar-refractivity contribution in [2.45, 2.75) is 6.04 Å². The molecule has 1 aliphatic rings. The van der Waals surface area contributed by atoms with Gasteiger partial charge in [0, 0.05) is 46.7 Å². The number of rotatable bonds is 3. The Hall–Kier alpha value is 0.0700. The van der Waals surface area contributed by atoms with Crippen molar-refractivity contribution in [3.05, 3.63) is 33.8 Å². The Morgan fingerprint density at radius 1 is 1.24 bits per heavy atom. The minimum absolute atomic E-state index is 0.136. The van der Waals surface area contributed by atoms with E-state index >= 15 is 0 Å². The minimum Gasteiger partial charge on any atom is -0.329 e. The van der Waals surface area contributed by atoms with E-state index in [-0.39, 0.29) is 6.04 Å². The molecular weight excluding hydrogens is 275 g/mol. The third-order valence-electron chi connectivity index (χ3n) is 3.04. The molecule has 1 atom stereocenters. The van der Waals surface area contributed by atoms with E-state index in [1.54, 1.807) is 0 Å². The third kappa shape index (κ3) is 3.09. The van der Waals surface area contributed by atoms with Gasteiger partial charge < -0.3 is 5.73 Å². The lowest BCUT2D eigenvalue weighted by atomic mass is 10.0. The number of thioether (sulfide) groups is 1. The van der Waals surface area contributed by atoms with Gasteiger partial charge in [-0.1, -0.05) is 29.3 Å². The number of nitrogens with two attached hydrogens (primary N) is 1. The van der Waals surface area contributed by atoms with Crippen LogP contribution in [0.25, 0.3) is 0 Å². The van der Waals surface area contributed by atoms with E-state index in [2.05, 4.69) is 4.90 Å². The van der Waals surface area contributed by atoms with Gasteiger partial charge in [0.2, 0.25) is 0 Å². The van der Waals surface area contributed by atoms with Crippen LogP contribution in [0, 0.1) is 0 Å². The van der Waals surface area contributed by atoms with Gasteiger partial charge in [0.05, 0.1) is 6.04 Å². The lowest BCUT2D eigenvalue weighted by molar-refractivity contribution is 0.223. The summed E-state index contributed by atoms with van der Waals surface area (Å²) in [5.74, 6) is 2.30. The normalized spacial score (nSPS) is 19.2. The smallest absolute Gasteiger partial charge is 0.0500 e. The van der Waals surface area contributed by atoms with Crippen LogP contribution in [0.2, 0.25) is 10.0 Å². The summed E-state index contributed by atoms with van der Waals surface area (Å²) in [4.78, 5) is 2.38. The maximum Gasteiger partial charge on any atom is 0.0500 e. The zero-order valence-corrected chi connectivity index (χ0v) is 11.9. The fraction of sp³-hybridized carbons (Fsp3) is 0.500. The van der Waals surface area contributed by atoms with Gasteiger partial charge in [0.1, 0.15) is 0 Å². The first-order valence-corrected chi connectivity index (χ1v) is 7.61. The summed E-state index contributed by atoms with van der Waals surface area (Å²) in [6, 6.07) is 5.76. The first-order chi connectivity index (χ1) is 8.24. The Morgan fingerprint density at radius 3 is 2.35 bits per heavy atom. The second kappa shape index (κ2) is 6.30. The highest BCUT2D eigenvalue weighted by Crippen LogP contribution is 2.34. The van der Waals surface area contributed by atoms with Crippen LogP contribution in [0.15, 0.2) is 18.2 Å². The van der Waals surface area contributed by atoms with Crippen molar-refractivity contribution in [1.29, 1.82) is 0 Å². The molecule has 1 aliphatic heterocycles. The van der Waals surface area contributed by atoms with Crippen molar-refractivity contribution >= 4 is 35.0 Å². The van der Waals surface area contributed by atoms with Crippen LogP contribution in [0.5, 0.6) is 0 Å². The molecule has 5 heteroatoms. The Morgan fingerprint density at radius 2 is 1.82 bits per heavy atom. The molecule has 1 unspecified atom stereocenters. The summed E-state index contributed by atoms with van der Waals surface area (Å²) in [6.07, 6.45) is 0. The van der Waals surface area contributed by atoms with Crippen molar-refractivity contribution in [3.63, 3.8) is 0 Å². The first kappa shape index (κ1) is 13.5. The average Bonchev–Trinajstić information content (AvgIpc) is 2.35. The highest BCUT2D eigenvalue weighted by molar-refractivity contribution is 7.99. The van der Waals surface area contributed by atoms with E-state index in [9.17, 15) is 0 Å². The largest absolute Gasteiger partial charge is 0.329 e. The van der Waals surface area contributed by atoms with Crippen LogP contribution in [0.3, 0.4) is 0 Å². The summed E-state index contributed by atoms with van der Waals surface area (Å²) in [5.41, 5.74) is 6.88. The van der Waals surface area contributed by atoms with Crippen molar-refractivity contribution in [2.24, 2.45) is 5.73 Å². The quantitative estimate of drug-likeness (QED) is 0.928. The van der Waals surface area contributed by atoms with Gasteiger partial charge in [-0.3, -0.25) is 4.90 Å². The second-order valence-corrected chi connectivity index (χ2v) is 6.07. The molecule has 0 spiro atoms. The summed E-state index contributed by atoms with van der Waals surface area (Å²) in [5, 5.41) is 1.43. The van der Waals surface area contributed by atoms with Crippen LogP contribution in [0.4, 0.5) is 0 Å². The van der Waals surface area contributed by atoms with Gasteiger partial charge >= 0.3 is 0 Å². The number of benzene rings is 1. The number of hydrogen-bond acceptors (Lipinski definition) is 3. The molecule has 94 valence electrons. The van der Waals surface area contributed by atoms with E-state index in [1.165, 1.54) is 0 Å². The molecule has 1 heterocycles. The van der Waals surface area contributed by atoms with Crippen LogP contribution in [-0.2, 0) is 0 Å². The molecule has 1 aromatic rings. The van der Waals surface area contributed by atoms with Crippen molar-refractivity contribution < 1.29 is 0 Å². The monoisotopic (exact) mass is 290 g/mol. The van der Waals surface area contributed by atoms with Gasteiger partial charge in [0.25, 0.3) is 0 Å². The van der Waals surface area contributed by atoms with Gasteiger partial charge in [0.15, 0.2) is 0 Å². The summed E-state index contributed by atoms with van der Waals surface area (Å²) >= 11 is 14.5. The predicted octanol–water partition coefficient (Wildman–Crippen LogP) is 3.04. The second-order valence-electron chi connectivity index (χ2n) is 4.04. The Balaban J connectivity index is 2.27. The molecule has 0 saturated carbocycles. The molecule has 0 radical (unpaired) electrons. The highest BCUT2D eigenvalue weighted by atomic mass is 35.5. The van der Waals surface area contributed by atoms with Gasteiger partial charge in [-0.05, 0) is 12.1 Å². The zero-order valence-electron chi connectivity index (χ0n) is 9.53. The number of hydrogen-bond donors (Lipinski definition) is 1. The van der Waals surface area contributed by atoms with E-state index in [1.807, 2.05) is 30.0 Å². The topological polar surface area (TPSA) is 29.3 Å². The number of nitrogens with zero attached hydrogens (tertiary/aromatic N) is 1. The fourth-order valence-electron chi connectivity index (χ4n) is 2.17. The molecule has 1 fully saturated rings. The third-order valence-corrected chi connectivity index (χ3v) is 4.64. The highest BCUT2D eigenvalue weighted by Gasteiger charge is 2.24. The van der Waals surface area contributed by atoms with Crippen LogP contribution >= 0.6 is 35.0 Å². The lowest BCUT2D eigenvalue weighted by Gasteiger charge is -2.34. The van der Waals surface area contributed by atoms with E-state index < -0.39 is 0 Å². The van der Waals surface area contributed by atoms with Crippen molar-refractivity contribution in [3.8, 4) is 0 Å². The molecule has 2 N–H and O–H groups in total. The maximum absolute atomic E-state index is 6.25. The van der Waals surface area contributed by atoms with Crippen LogP contribution in [-0.4, -0.2) is 36.0 Å². The Kier molecular flexibility index (Phi) is 5.00. The van der Waals surface area contributed by atoms with Crippen molar-refractivity contribution in [2.75, 3.05) is 31.1 Å². The Bertz CT molecular complexity index is 361. The standard InChI is InChI=1S/C12H16Cl2N2S/c13-9-2-1-3-10(14)12(9)11(8-15)16-4-6-17-7-5-16/h1-3,11H,4-8,15H2. The van der Waals surface area contributed by atoms with Crippen LogP contribution < -0.4 is 5.73 Å². The molecule has 2 rings (SSSR count). The maximum atomic E-state index is 6.25. The molecule has 1 aromatic carbocycles. The van der Waals surface area contributed by atoms with E-state index in [0.717, 1.165) is 30.2 Å². The lowest BCUT2D eigenvalue weighted by Crippen LogP contribution is -2.39. The predicted molar refractivity (Wildman–Crippen MR) is 77.2 cm³/mol. The molecule has 1 saturated heterocycles. The molecule has 0 amide bonds. The molecule has 0 bridgehead atoms.